The Bertz CT molecular complexity index is 627. The third kappa shape index (κ3) is 2.54. The van der Waals surface area contributed by atoms with Crippen LogP contribution in [-0.2, 0) is 6.42 Å². The summed E-state index contributed by atoms with van der Waals surface area (Å²) in [4.78, 5) is 18.3. The van der Waals surface area contributed by atoms with Crippen molar-refractivity contribution in [2.45, 2.75) is 25.9 Å². The highest BCUT2D eigenvalue weighted by molar-refractivity contribution is 5.99. The van der Waals surface area contributed by atoms with Crippen molar-refractivity contribution in [3.8, 4) is 5.82 Å². The van der Waals surface area contributed by atoms with Crippen molar-refractivity contribution in [2.75, 3.05) is 5.73 Å². The van der Waals surface area contributed by atoms with Crippen molar-refractivity contribution < 1.29 is 18.0 Å². The van der Waals surface area contributed by atoms with E-state index in [9.17, 15) is 18.0 Å². The molecule has 0 fully saturated rings. The van der Waals surface area contributed by atoms with Gasteiger partial charge < -0.3 is 10.7 Å². The summed E-state index contributed by atoms with van der Waals surface area (Å²) in [6.45, 7) is 1.94. The van der Waals surface area contributed by atoms with Crippen molar-refractivity contribution in [2.24, 2.45) is 0 Å². The summed E-state index contributed by atoms with van der Waals surface area (Å²) in [5.41, 5.74) is 5.19. The average molecular weight is 286 g/mol. The number of aromatic nitrogens is 3. The number of aromatic amines is 1. The first-order valence-corrected chi connectivity index (χ1v) is 5.98. The van der Waals surface area contributed by atoms with Gasteiger partial charge in [0, 0.05) is 12.6 Å². The number of alkyl halides is 3. The van der Waals surface area contributed by atoms with E-state index in [0.29, 0.717) is 12.2 Å². The second-order valence-electron chi connectivity index (χ2n) is 4.26. The minimum atomic E-state index is -4.94. The molecule has 2 aromatic heterocycles. The number of hydrogen-bond donors (Lipinski definition) is 2. The van der Waals surface area contributed by atoms with Crippen LogP contribution >= 0.6 is 0 Å². The van der Waals surface area contributed by atoms with Gasteiger partial charge in [-0.15, -0.1) is 0 Å². The smallest absolute Gasteiger partial charge is 0.382 e. The van der Waals surface area contributed by atoms with Crippen LogP contribution in [0, 0.1) is 0 Å². The van der Waals surface area contributed by atoms with E-state index in [-0.39, 0.29) is 11.6 Å². The van der Waals surface area contributed by atoms with Gasteiger partial charge in [0.25, 0.3) is 5.78 Å². The van der Waals surface area contributed by atoms with Gasteiger partial charge in [0.1, 0.15) is 11.6 Å². The SMILES string of the molecule is CCCc1nc(-n2cccc2C(=O)C(F)(F)F)c(N)[nH]1. The number of ketones is 1. The molecule has 0 saturated carbocycles. The Morgan fingerprint density at radius 1 is 1.50 bits per heavy atom. The van der Waals surface area contributed by atoms with Gasteiger partial charge in [-0.1, -0.05) is 6.92 Å². The largest absolute Gasteiger partial charge is 0.456 e. The lowest BCUT2D eigenvalue weighted by molar-refractivity contribution is -0.0889. The standard InChI is InChI=1S/C12H13F3N4O/c1-2-4-8-17-10(16)11(18-8)19-6-3-5-7(19)9(20)12(13,14)15/h3,5-6H,2,4,16H2,1H3,(H,17,18). The van der Waals surface area contributed by atoms with E-state index in [1.807, 2.05) is 6.92 Å². The number of carbonyl (C=O) groups excluding carboxylic acids is 1. The number of Topliss-reactive ketones (excluding diaryl/α,β-unsaturated/α-hetero) is 1. The third-order valence-electron chi connectivity index (χ3n) is 2.71. The highest BCUT2D eigenvalue weighted by Gasteiger charge is 2.41. The van der Waals surface area contributed by atoms with E-state index in [0.717, 1.165) is 17.1 Å². The number of nitrogens with one attached hydrogen (secondary N) is 1. The highest BCUT2D eigenvalue weighted by atomic mass is 19.4. The Kier molecular flexibility index (Phi) is 3.56. The van der Waals surface area contributed by atoms with E-state index in [1.54, 1.807) is 0 Å². The molecule has 2 rings (SSSR count). The first kappa shape index (κ1) is 14.2. The molecule has 3 N–H and O–H groups in total. The maximum Gasteiger partial charge on any atom is 0.456 e. The molecular weight excluding hydrogens is 273 g/mol. The van der Waals surface area contributed by atoms with Crippen LogP contribution in [-0.4, -0.2) is 26.5 Å². The maximum atomic E-state index is 12.5. The Morgan fingerprint density at radius 2 is 2.20 bits per heavy atom. The Morgan fingerprint density at radius 3 is 2.80 bits per heavy atom. The molecule has 0 radical (unpaired) electrons. The molecule has 0 aliphatic heterocycles. The zero-order valence-corrected chi connectivity index (χ0v) is 10.7. The van der Waals surface area contributed by atoms with Gasteiger partial charge in [0.15, 0.2) is 5.82 Å². The number of rotatable bonds is 4. The topological polar surface area (TPSA) is 76.7 Å². The molecule has 0 aromatic carbocycles. The fourth-order valence-electron chi connectivity index (χ4n) is 1.86. The summed E-state index contributed by atoms with van der Waals surface area (Å²) < 4.78 is 38.6. The van der Waals surface area contributed by atoms with Crippen molar-refractivity contribution in [1.82, 2.24) is 14.5 Å². The average Bonchev–Trinajstić information content (AvgIpc) is 2.93. The highest BCUT2D eigenvalue weighted by Crippen LogP contribution is 2.25. The maximum absolute atomic E-state index is 12.5. The summed E-state index contributed by atoms with van der Waals surface area (Å²) in [6, 6.07) is 2.43. The number of nitrogens with zero attached hydrogens (tertiary/aromatic N) is 2. The van der Waals surface area contributed by atoms with E-state index >= 15 is 0 Å². The van der Waals surface area contributed by atoms with Crippen molar-refractivity contribution in [1.29, 1.82) is 0 Å². The molecule has 20 heavy (non-hydrogen) atoms. The van der Waals surface area contributed by atoms with Gasteiger partial charge >= 0.3 is 6.18 Å². The van der Waals surface area contributed by atoms with Gasteiger partial charge in [0.05, 0.1) is 5.69 Å². The number of nitrogens with two attached hydrogens (primary N) is 1. The summed E-state index contributed by atoms with van der Waals surface area (Å²) in [6.07, 6.45) is -2.19. The molecule has 0 spiro atoms. The summed E-state index contributed by atoms with van der Waals surface area (Å²) >= 11 is 0. The van der Waals surface area contributed by atoms with Gasteiger partial charge in [-0.2, -0.15) is 13.2 Å². The molecule has 0 unspecified atom stereocenters. The molecular formula is C12H13F3N4O. The summed E-state index contributed by atoms with van der Waals surface area (Å²) in [7, 11) is 0. The molecule has 0 amide bonds. The summed E-state index contributed by atoms with van der Waals surface area (Å²) in [5, 5.41) is 0. The van der Waals surface area contributed by atoms with E-state index < -0.39 is 17.7 Å². The van der Waals surface area contributed by atoms with Gasteiger partial charge in [0.2, 0.25) is 0 Å². The van der Waals surface area contributed by atoms with Crippen LogP contribution in [0.25, 0.3) is 5.82 Å². The molecule has 2 heterocycles. The molecule has 0 saturated heterocycles. The Balaban J connectivity index is 2.45. The van der Waals surface area contributed by atoms with Crippen LogP contribution in [0.5, 0.6) is 0 Å². The van der Waals surface area contributed by atoms with Crippen molar-refractivity contribution in [3.05, 3.63) is 29.8 Å². The molecule has 8 heteroatoms. The van der Waals surface area contributed by atoms with Gasteiger partial charge in [-0.25, -0.2) is 4.98 Å². The van der Waals surface area contributed by atoms with Crippen LogP contribution < -0.4 is 5.73 Å². The van der Waals surface area contributed by atoms with Crippen LogP contribution in [0.2, 0.25) is 0 Å². The van der Waals surface area contributed by atoms with Crippen LogP contribution in [0.15, 0.2) is 18.3 Å². The normalized spacial score (nSPS) is 11.8. The number of nitrogen functional groups attached to an aromatic ring is 1. The van der Waals surface area contributed by atoms with Crippen LogP contribution in [0.1, 0.15) is 29.7 Å². The lowest BCUT2D eigenvalue weighted by Crippen LogP contribution is -2.25. The first-order chi connectivity index (χ1) is 9.34. The number of carbonyl (C=O) groups is 1. The monoisotopic (exact) mass is 286 g/mol. The van der Waals surface area contributed by atoms with Gasteiger partial charge in [-0.05, 0) is 18.6 Å². The molecule has 0 atom stereocenters. The predicted octanol–water partition coefficient (Wildman–Crippen LogP) is 2.48. The van der Waals surface area contributed by atoms with Gasteiger partial charge in [-0.3, -0.25) is 9.36 Å². The van der Waals surface area contributed by atoms with Crippen LogP contribution in [0.4, 0.5) is 19.0 Å². The lowest BCUT2D eigenvalue weighted by atomic mass is 10.3. The number of hydrogen-bond acceptors (Lipinski definition) is 3. The molecule has 108 valence electrons. The molecule has 2 aromatic rings. The third-order valence-corrected chi connectivity index (χ3v) is 2.71. The second kappa shape index (κ2) is 5.03. The number of imidazole rings is 1. The first-order valence-electron chi connectivity index (χ1n) is 5.98. The van der Waals surface area contributed by atoms with E-state index in [1.165, 1.54) is 12.3 Å². The molecule has 5 nitrogen and oxygen atoms in total. The molecule has 0 bridgehead atoms. The minimum absolute atomic E-state index is 0.103. The minimum Gasteiger partial charge on any atom is -0.382 e. The second-order valence-corrected chi connectivity index (χ2v) is 4.26. The fourth-order valence-corrected chi connectivity index (χ4v) is 1.86. The van der Waals surface area contributed by atoms with Crippen molar-refractivity contribution >= 4 is 11.6 Å². The van der Waals surface area contributed by atoms with Crippen molar-refractivity contribution in [3.63, 3.8) is 0 Å². The molecule has 0 aliphatic rings. The quantitative estimate of drug-likeness (QED) is 0.848. The summed E-state index contributed by atoms with van der Waals surface area (Å²) in [5.74, 6) is -1.13. The Hall–Kier alpha value is -2.25. The predicted molar refractivity (Wildman–Crippen MR) is 66.7 cm³/mol. The molecule has 0 aliphatic carbocycles. The lowest BCUT2D eigenvalue weighted by Gasteiger charge is -2.08. The fraction of sp³-hybridized carbons (Fsp3) is 0.333. The Labute approximate surface area is 112 Å². The number of halogens is 3. The zero-order chi connectivity index (χ0) is 14.9. The number of H-pyrrole nitrogens is 1. The van der Waals surface area contributed by atoms with E-state index in [4.69, 9.17) is 5.73 Å². The zero-order valence-electron chi connectivity index (χ0n) is 10.7. The van der Waals surface area contributed by atoms with E-state index in [2.05, 4.69) is 9.97 Å². The number of aryl methyl sites for hydroxylation is 1. The number of anilines is 1. The van der Waals surface area contributed by atoms with Crippen LogP contribution in [0.3, 0.4) is 0 Å².